The van der Waals surface area contributed by atoms with Crippen molar-refractivity contribution in [2.75, 3.05) is 12.4 Å². The number of methoxy groups -OCH3 is 1. The molecule has 1 aromatic heterocycles. The van der Waals surface area contributed by atoms with E-state index in [0.29, 0.717) is 5.57 Å². The number of ether oxygens (including phenoxy) is 1. The van der Waals surface area contributed by atoms with Crippen LogP contribution in [0.4, 0.5) is 5.69 Å². The summed E-state index contributed by atoms with van der Waals surface area (Å²) in [5.41, 5.74) is 5.52. The predicted molar refractivity (Wildman–Crippen MR) is 79.8 cm³/mol. The summed E-state index contributed by atoms with van der Waals surface area (Å²) in [4.78, 5) is 15.4. The number of hydrogen-bond donors (Lipinski definition) is 2. The number of aromatic nitrogens is 1. The number of carbonyl (C=O) groups excluding carboxylic acids is 1. The zero-order valence-electron chi connectivity index (χ0n) is 11.7. The van der Waals surface area contributed by atoms with Crippen molar-refractivity contribution in [3.63, 3.8) is 0 Å². The Hall–Kier alpha value is -2.49. The van der Waals surface area contributed by atoms with Crippen LogP contribution in [0, 0.1) is 13.8 Å². The van der Waals surface area contributed by atoms with Gasteiger partial charge in [-0.1, -0.05) is 0 Å². The predicted octanol–water partition coefficient (Wildman–Crippen LogP) is 3.13. The highest BCUT2D eigenvalue weighted by Gasteiger charge is 2.24. The molecule has 2 heterocycles. The number of nitrogens with one attached hydrogen (secondary N) is 2. The lowest BCUT2D eigenvalue weighted by molar-refractivity contribution is -0.110. The standard InChI is InChI=1S/C16H16N2O2/c1-9-6-10(2)17-15(9)8-13-12-7-11(20-3)4-5-14(12)18-16(13)19/h4-8,17H,1-3H3,(H,18,19). The van der Waals surface area contributed by atoms with Crippen LogP contribution in [-0.2, 0) is 4.79 Å². The first-order valence-electron chi connectivity index (χ1n) is 6.46. The van der Waals surface area contributed by atoms with Gasteiger partial charge in [-0.3, -0.25) is 4.79 Å². The molecular formula is C16H16N2O2. The maximum absolute atomic E-state index is 12.1. The van der Waals surface area contributed by atoms with E-state index in [4.69, 9.17) is 4.74 Å². The van der Waals surface area contributed by atoms with Crippen molar-refractivity contribution in [1.82, 2.24) is 4.98 Å². The van der Waals surface area contributed by atoms with Gasteiger partial charge in [0.15, 0.2) is 0 Å². The van der Waals surface area contributed by atoms with Crippen LogP contribution in [-0.4, -0.2) is 18.0 Å². The van der Waals surface area contributed by atoms with Gasteiger partial charge in [-0.05, 0) is 49.8 Å². The molecule has 0 saturated heterocycles. The molecule has 4 heteroatoms. The summed E-state index contributed by atoms with van der Waals surface area (Å²) < 4.78 is 5.23. The number of amides is 1. The van der Waals surface area contributed by atoms with Gasteiger partial charge >= 0.3 is 0 Å². The zero-order valence-corrected chi connectivity index (χ0v) is 11.7. The van der Waals surface area contributed by atoms with Crippen LogP contribution >= 0.6 is 0 Å². The third-order valence-corrected chi connectivity index (χ3v) is 3.49. The molecule has 1 amide bonds. The molecule has 1 aliphatic heterocycles. The second-order valence-electron chi connectivity index (χ2n) is 4.97. The Labute approximate surface area is 117 Å². The molecule has 1 aromatic carbocycles. The fourth-order valence-electron chi connectivity index (χ4n) is 2.48. The molecule has 4 nitrogen and oxygen atoms in total. The molecule has 0 fully saturated rings. The van der Waals surface area contributed by atoms with E-state index in [1.54, 1.807) is 7.11 Å². The summed E-state index contributed by atoms with van der Waals surface area (Å²) in [5.74, 6) is 0.658. The fourth-order valence-corrected chi connectivity index (χ4v) is 2.48. The Morgan fingerprint density at radius 1 is 1.20 bits per heavy atom. The minimum absolute atomic E-state index is 0.0834. The SMILES string of the molecule is COc1ccc2c(c1)C(=Cc1[nH]c(C)cc1C)C(=O)N2. The van der Waals surface area contributed by atoms with Crippen molar-refractivity contribution in [1.29, 1.82) is 0 Å². The largest absolute Gasteiger partial charge is 0.497 e. The molecular weight excluding hydrogens is 252 g/mol. The van der Waals surface area contributed by atoms with Crippen molar-refractivity contribution in [3.05, 3.63) is 46.8 Å². The van der Waals surface area contributed by atoms with E-state index in [0.717, 1.165) is 34.0 Å². The van der Waals surface area contributed by atoms with Crippen molar-refractivity contribution in [3.8, 4) is 5.75 Å². The summed E-state index contributed by atoms with van der Waals surface area (Å²) in [6.07, 6.45) is 1.89. The molecule has 0 bridgehead atoms. The van der Waals surface area contributed by atoms with E-state index in [2.05, 4.69) is 16.4 Å². The summed E-state index contributed by atoms with van der Waals surface area (Å²) >= 11 is 0. The molecule has 2 aromatic rings. The van der Waals surface area contributed by atoms with Gasteiger partial charge in [0.25, 0.3) is 5.91 Å². The minimum atomic E-state index is -0.0834. The second kappa shape index (κ2) is 4.56. The number of aryl methyl sites for hydroxylation is 2. The number of hydrogen-bond acceptors (Lipinski definition) is 2. The highest BCUT2D eigenvalue weighted by Crippen LogP contribution is 2.35. The molecule has 20 heavy (non-hydrogen) atoms. The molecule has 0 unspecified atom stereocenters. The van der Waals surface area contributed by atoms with E-state index >= 15 is 0 Å². The van der Waals surface area contributed by atoms with Gasteiger partial charge in [-0.15, -0.1) is 0 Å². The van der Waals surface area contributed by atoms with Crippen LogP contribution in [0.2, 0.25) is 0 Å². The third-order valence-electron chi connectivity index (χ3n) is 3.49. The van der Waals surface area contributed by atoms with E-state index in [9.17, 15) is 4.79 Å². The maximum atomic E-state index is 12.1. The van der Waals surface area contributed by atoms with Crippen molar-refractivity contribution < 1.29 is 9.53 Å². The van der Waals surface area contributed by atoms with Crippen molar-refractivity contribution in [2.24, 2.45) is 0 Å². The lowest BCUT2D eigenvalue weighted by Crippen LogP contribution is -2.03. The molecule has 0 saturated carbocycles. The minimum Gasteiger partial charge on any atom is -0.497 e. The van der Waals surface area contributed by atoms with Gasteiger partial charge < -0.3 is 15.0 Å². The molecule has 102 valence electrons. The van der Waals surface area contributed by atoms with Gasteiger partial charge in [-0.25, -0.2) is 0 Å². The number of anilines is 1. The third kappa shape index (κ3) is 1.99. The first-order valence-corrected chi connectivity index (χ1v) is 6.46. The van der Waals surface area contributed by atoms with Gasteiger partial charge in [0.05, 0.1) is 12.7 Å². The summed E-state index contributed by atoms with van der Waals surface area (Å²) in [5, 5.41) is 2.87. The van der Waals surface area contributed by atoms with Crippen LogP contribution < -0.4 is 10.1 Å². The molecule has 2 N–H and O–H groups in total. The normalized spacial score (nSPS) is 15.3. The Morgan fingerprint density at radius 2 is 2.00 bits per heavy atom. The van der Waals surface area contributed by atoms with Gasteiger partial charge in [0.2, 0.25) is 0 Å². The summed E-state index contributed by atoms with van der Waals surface area (Å²) in [6, 6.07) is 7.64. The number of aromatic amines is 1. The Kier molecular flexibility index (Phi) is 2.86. The Morgan fingerprint density at radius 3 is 2.65 bits per heavy atom. The maximum Gasteiger partial charge on any atom is 0.256 e. The molecule has 3 rings (SSSR count). The monoisotopic (exact) mass is 268 g/mol. The first-order chi connectivity index (χ1) is 9.58. The number of carbonyl (C=O) groups is 1. The zero-order chi connectivity index (χ0) is 14.3. The first kappa shape index (κ1) is 12.5. The van der Waals surface area contributed by atoms with Crippen molar-refractivity contribution >= 4 is 23.2 Å². The summed E-state index contributed by atoms with van der Waals surface area (Å²) in [6.45, 7) is 4.02. The van der Waals surface area contributed by atoms with Crippen LogP contribution in [0.3, 0.4) is 0 Å². The van der Waals surface area contributed by atoms with E-state index < -0.39 is 0 Å². The van der Waals surface area contributed by atoms with Crippen molar-refractivity contribution in [2.45, 2.75) is 13.8 Å². The van der Waals surface area contributed by atoms with E-state index in [1.807, 2.05) is 38.1 Å². The lowest BCUT2D eigenvalue weighted by atomic mass is 10.0. The quantitative estimate of drug-likeness (QED) is 0.822. The van der Waals surface area contributed by atoms with Crippen LogP contribution in [0.15, 0.2) is 24.3 Å². The van der Waals surface area contributed by atoms with E-state index in [-0.39, 0.29) is 5.91 Å². The smallest absolute Gasteiger partial charge is 0.256 e. The second-order valence-corrected chi connectivity index (χ2v) is 4.97. The van der Waals surface area contributed by atoms with E-state index in [1.165, 1.54) is 0 Å². The van der Waals surface area contributed by atoms with Crippen LogP contribution in [0.1, 0.15) is 22.5 Å². The molecule has 1 aliphatic rings. The Bertz CT molecular complexity index is 726. The van der Waals surface area contributed by atoms with Gasteiger partial charge in [0, 0.05) is 22.6 Å². The highest BCUT2D eigenvalue weighted by molar-refractivity contribution is 6.35. The number of fused-ring (bicyclic) bond motifs is 1. The number of H-pyrrole nitrogens is 1. The van der Waals surface area contributed by atoms with Gasteiger partial charge in [0.1, 0.15) is 5.75 Å². The highest BCUT2D eigenvalue weighted by atomic mass is 16.5. The Balaban J connectivity index is 2.11. The fraction of sp³-hybridized carbons (Fsp3) is 0.188. The lowest BCUT2D eigenvalue weighted by Gasteiger charge is -2.03. The molecule has 0 spiro atoms. The van der Waals surface area contributed by atoms with Crippen LogP contribution in [0.5, 0.6) is 5.75 Å². The average molecular weight is 268 g/mol. The van der Waals surface area contributed by atoms with Gasteiger partial charge in [-0.2, -0.15) is 0 Å². The topological polar surface area (TPSA) is 54.1 Å². The molecule has 0 aliphatic carbocycles. The number of rotatable bonds is 2. The van der Waals surface area contributed by atoms with Crippen LogP contribution in [0.25, 0.3) is 11.6 Å². The average Bonchev–Trinajstić information content (AvgIpc) is 2.90. The number of benzene rings is 1. The molecule has 0 atom stereocenters. The summed E-state index contributed by atoms with van der Waals surface area (Å²) in [7, 11) is 1.62. The molecule has 0 radical (unpaired) electrons.